The van der Waals surface area contributed by atoms with Gasteiger partial charge in [0.25, 0.3) is 11.8 Å². The van der Waals surface area contributed by atoms with Crippen LogP contribution in [0.5, 0.6) is 5.88 Å². The number of nitrogens with one attached hydrogen (secondary N) is 4. The monoisotopic (exact) mass is 492 g/mol. The van der Waals surface area contributed by atoms with Gasteiger partial charge in [-0.2, -0.15) is 9.97 Å². The van der Waals surface area contributed by atoms with E-state index in [-0.39, 0.29) is 23.9 Å². The van der Waals surface area contributed by atoms with E-state index >= 15 is 0 Å². The molecular weight excluding hydrogens is 468 g/mol. The van der Waals surface area contributed by atoms with Crippen molar-refractivity contribution in [3.63, 3.8) is 0 Å². The molecule has 35 heavy (non-hydrogen) atoms. The summed E-state index contributed by atoms with van der Waals surface area (Å²) in [6, 6.07) is 12.2. The second-order valence-electron chi connectivity index (χ2n) is 8.00. The minimum atomic E-state index is -0.231. The Kier molecular flexibility index (Phi) is 6.88. The highest BCUT2D eigenvalue weighted by molar-refractivity contribution is 6.33. The van der Waals surface area contributed by atoms with Crippen LogP contribution in [0.15, 0.2) is 48.7 Å². The van der Waals surface area contributed by atoms with E-state index in [1.807, 2.05) is 32.2 Å². The highest BCUT2D eigenvalue weighted by atomic mass is 35.5. The average Bonchev–Trinajstić information content (AvgIpc) is 3.28. The molecule has 0 radical (unpaired) electrons. The van der Waals surface area contributed by atoms with Crippen LogP contribution in [0, 0.1) is 0 Å². The predicted octanol–water partition coefficient (Wildman–Crippen LogP) is 4.53. The molecule has 180 valence electrons. The topological polar surface area (TPSA) is 121 Å². The summed E-state index contributed by atoms with van der Waals surface area (Å²) in [5, 5.41) is 9.36. The van der Waals surface area contributed by atoms with Gasteiger partial charge in [-0.3, -0.25) is 9.59 Å². The third-order valence-corrected chi connectivity index (χ3v) is 5.55. The fraction of sp³-hybridized carbons (Fsp3) is 0.200. The van der Waals surface area contributed by atoms with Gasteiger partial charge in [0.05, 0.1) is 22.2 Å². The van der Waals surface area contributed by atoms with Crippen molar-refractivity contribution in [2.45, 2.75) is 20.0 Å². The number of aromatic amines is 1. The van der Waals surface area contributed by atoms with E-state index in [1.165, 1.54) is 0 Å². The fourth-order valence-electron chi connectivity index (χ4n) is 3.56. The van der Waals surface area contributed by atoms with E-state index < -0.39 is 0 Å². The van der Waals surface area contributed by atoms with Gasteiger partial charge in [0.2, 0.25) is 11.8 Å². The Bertz CT molecular complexity index is 1400. The van der Waals surface area contributed by atoms with Crippen LogP contribution in [-0.4, -0.2) is 47.0 Å². The van der Waals surface area contributed by atoms with Gasteiger partial charge in [-0.25, -0.2) is 0 Å². The van der Waals surface area contributed by atoms with Crippen LogP contribution in [0.1, 0.15) is 34.6 Å². The minimum Gasteiger partial charge on any atom is -0.474 e. The molecule has 0 saturated carbocycles. The molecule has 10 heteroatoms. The van der Waals surface area contributed by atoms with E-state index in [9.17, 15) is 9.59 Å². The van der Waals surface area contributed by atoms with Crippen molar-refractivity contribution in [3.8, 4) is 17.0 Å². The van der Waals surface area contributed by atoms with Gasteiger partial charge >= 0.3 is 0 Å². The number of anilines is 2. The van der Waals surface area contributed by atoms with Gasteiger partial charge in [0, 0.05) is 37.0 Å². The lowest BCUT2D eigenvalue weighted by Gasteiger charge is -2.14. The highest BCUT2D eigenvalue weighted by Crippen LogP contribution is 2.36. The number of halogens is 1. The Morgan fingerprint density at radius 2 is 1.63 bits per heavy atom. The van der Waals surface area contributed by atoms with Gasteiger partial charge in [0.15, 0.2) is 0 Å². The Morgan fingerprint density at radius 3 is 2.26 bits per heavy atom. The lowest BCUT2D eigenvalue weighted by Crippen LogP contribution is -2.17. The highest BCUT2D eigenvalue weighted by Gasteiger charge is 2.18. The summed E-state index contributed by atoms with van der Waals surface area (Å²) >= 11 is 6.39. The number of hydrogen-bond donors (Lipinski definition) is 4. The Morgan fingerprint density at radius 1 is 0.971 bits per heavy atom. The first-order valence-electron chi connectivity index (χ1n) is 11.0. The number of ether oxygens (including phenoxy) is 1. The summed E-state index contributed by atoms with van der Waals surface area (Å²) in [5.74, 6) is 0.301. The Balaban J connectivity index is 1.73. The number of rotatable bonds is 7. The number of carbonyl (C=O) groups is 2. The first-order valence-corrected chi connectivity index (χ1v) is 11.4. The van der Waals surface area contributed by atoms with Crippen molar-refractivity contribution in [2.75, 3.05) is 19.4 Å². The fourth-order valence-corrected chi connectivity index (χ4v) is 3.79. The molecule has 2 aromatic carbocycles. The first-order chi connectivity index (χ1) is 16.8. The summed E-state index contributed by atoms with van der Waals surface area (Å²) in [6.45, 7) is 3.83. The maximum Gasteiger partial charge on any atom is 0.251 e. The number of aromatic nitrogens is 3. The zero-order valence-corrected chi connectivity index (χ0v) is 20.4. The number of benzene rings is 2. The van der Waals surface area contributed by atoms with E-state index in [0.29, 0.717) is 33.4 Å². The standard InChI is InChI=1S/C25H25ClN6O3/c1-13(2)35-24-20-17(14-5-7-15(8-6-14)22(33)27-3)12-29-21(20)31-25(32-24)30-19-10-9-16(11-18(19)26)23(34)28-4/h5-13H,1-4H3,(H,27,33)(H,28,34)(H2,29,30,31,32). The zero-order chi connectivity index (χ0) is 25.1. The summed E-state index contributed by atoms with van der Waals surface area (Å²) in [7, 11) is 3.15. The second-order valence-corrected chi connectivity index (χ2v) is 8.41. The van der Waals surface area contributed by atoms with Crippen LogP contribution < -0.4 is 20.7 Å². The molecule has 0 atom stereocenters. The molecule has 0 unspecified atom stereocenters. The van der Waals surface area contributed by atoms with Crippen molar-refractivity contribution >= 4 is 46.1 Å². The third-order valence-electron chi connectivity index (χ3n) is 5.24. The first kappa shape index (κ1) is 24.0. The minimum absolute atomic E-state index is 0.130. The van der Waals surface area contributed by atoms with Gasteiger partial charge < -0.3 is 25.7 Å². The normalized spacial score (nSPS) is 10.9. The molecule has 0 spiro atoms. The summed E-state index contributed by atoms with van der Waals surface area (Å²) < 4.78 is 6.04. The second kappa shape index (κ2) is 10.0. The molecule has 0 fully saturated rings. The van der Waals surface area contributed by atoms with Gasteiger partial charge in [-0.15, -0.1) is 0 Å². The molecule has 0 aliphatic rings. The predicted molar refractivity (Wildman–Crippen MR) is 137 cm³/mol. The van der Waals surface area contributed by atoms with E-state index in [1.54, 1.807) is 44.4 Å². The largest absolute Gasteiger partial charge is 0.474 e. The van der Waals surface area contributed by atoms with Crippen molar-refractivity contribution in [1.29, 1.82) is 0 Å². The SMILES string of the molecule is CNC(=O)c1ccc(-c2c[nH]c3nc(Nc4ccc(C(=O)NC)cc4Cl)nc(OC(C)C)c23)cc1. The number of carbonyl (C=O) groups excluding carboxylic acids is 2. The van der Waals surface area contributed by atoms with Crippen molar-refractivity contribution in [2.24, 2.45) is 0 Å². The quantitative estimate of drug-likeness (QED) is 0.301. The molecule has 0 bridgehead atoms. The van der Waals surface area contributed by atoms with Gasteiger partial charge in [-0.05, 0) is 49.7 Å². The van der Waals surface area contributed by atoms with E-state index in [4.69, 9.17) is 16.3 Å². The maximum atomic E-state index is 11.9. The summed E-state index contributed by atoms with van der Waals surface area (Å²) in [5.41, 5.74) is 3.86. The van der Waals surface area contributed by atoms with Gasteiger partial charge in [0.1, 0.15) is 5.65 Å². The summed E-state index contributed by atoms with van der Waals surface area (Å²) in [4.78, 5) is 36.1. The molecule has 2 aromatic heterocycles. The Hall–Kier alpha value is -4.11. The molecule has 0 aliphatic carbocycles. The van der Waals surface area contributed by atoms with Crippen LogP contribution >= 0.6 is 11.6 Å². The van der Waals surface area contributed by atoms with Crippen LogP contribution in [0.3, 0.4) is 0 Å². The lowest BCUT2D eigenvalue weighted by molar-refractivity contribution is 0.0955. The van der Waals surface area contributed by atoms with Crippen molar-refractivity contribution in [3.05, 3.63) is 64.8 Å². The lowest BCUT2D eigenvalue weighted by atomic mass is 10.0. The Labute approximate surface area is 207 Å². The number of fused-ring (bicyclic) bond motifs is 1. The molecular formula is C25H25ClN6O3. The molecule has 0 aliphatic heterocycles. The van der Waals surface area contributed by atoms with Crippen LogP contribution in [-0.2, 0) is 0 Å². The molecule has 2 heterocycles. The van der Waals surface area contributed by atoms with Crippen LogP contribution in [0.2, 0.25) is 5.02 Å². The van der Waals surface area contributed by atoms with E-state index in [0.717, 1.165) is 16.5 Å². The molecule has 2 amide bonds. The number of amides is 2. The third kappa shape index (κ3) is 5.04. The molecule has 9 nitrogen and oxygen atoms in total. The molecule has 4 N–H and O–H groups in total. The maximum absolute atomic E-state index is 11.9. The van der Waals surface area contributed by atoms with Crippen LogP contribution in [0.25, 0.3) is 22.2 Å². The van der Waals surface area contributed by atoms with E-state index in [2.05, 4.69) is 30.9 Å². The molecule has 4 aromatic rings. The smallest absolute Gasteiger partial charge is 0.251 e. The van der Waals surface area contributed by atoms with Gasteiger partial charge in [-0.1, -0.05) is 23.7 Å². The number of hydrogen-bond acceptors (Lipinski definition) is 6. The average molecular weight is 493 g/mol. The number of H-pyrrole nitrogens is 1. The molecule has 4 rings (SSSR count). The summed E-state index contributed by atoms with van der Waals surface area (Å²) in [6.07, 6.45) is 1.70. The zero-order valence-electron chi connectivity index (χ0n) is 19.7. The number of nitrogens with zero attached hydrogens (tertiary/aromatic N) is 2. The van der Waals surface area contributed by atoms with Crippen LogP contribution in [0.4, 0.5) is 11.6 Å². The van der Waals surface area contributed by atoms with Crippen molar-refractivity contribution < 1.29 is 14.3 Å². The van der Waals surface area contributed by atoms with Crippen molar-refractivity contribution in [1.82, 2.24) is 25.6 Å². The molecule has 0 saturated heterocycles.